The Morgan fingerprint density at radius 3 is 2.67 bits per heavy atom. The Morgan fingerprint density at radius 1 is 1.00 bits per heavy atom. The van der Waals surface area contributed by atoms with Crippen molar-refractivity contribution in [2.45, 2.75) is 19.5 Å². The summed E-state index contributed by atoms with van der Waals surface area (Å²) in [6.45, 7) is 3.18. The maximum absolute atomic E-state index is 5.83. The quantitative estimate of drug-likeness (QED) is 0.815. The minimum Gasteiger partial charge on any atom is -0.399 e. The highest BCUT2D eigenvalue weighted by Crippen LogP contribution is 2.22. The molecule has 0 aliphatic carbocycles. The van der Waals surface area contributed by atoms with Crippen molar-refractivity contribution in [2.75, 3.05) is 12.3 Å². The van der Waals surface area contributed by atoms with Gasteiger partial charge in [0.25, 0.3) is 0 Å². The maximum atomic E-state index is 5.83. The van der Waals surface area contributed by atoms with Gasteiger partial charge < -0.3 is 5.73 Å². The fraction of sp³-hybridized carbons (Fsp3) is 0.250. The Labute approximate surface area is 108 Å². The van der Waals surface area contributed by atoms with E-state index in [1.807, 2.05) is 6.07 Å². The van der Waals surface area contributed by atoms with E-state index in [9.17, 15) is 0 Å². The molecule has 2 heteroatoms. The van der Waals surface area contributed by atoms with Gasteiger partial charge >= 0.3 is 0 Å². The number of benzene rings is 2. The summed E-state index contributed by atoms with van der Waals surface area (Å²) < 4.78 is 0. The minimum absolute atomic E-state index is 0.880. The SMILES string of the molecule is Nc1ccc2c(c1)CCN(Cc1ccccc1)C2. The number of hydrogen-bond acceptors (Lipinski definition) is 2. The van der Waals surface area contributed by atoms with Gasteiger partial charge in [0.15, 0.2) is 0 Å². The van der Waals surface area contributed by atoms with Gasteiger partial charge in [-0.25, -0.2) is 0 Å². The van der Waals surface area contributed by atoms with Crippen LogP contribution in [0.3, 0.4) is 0 Å². The molecule has 0 saturated heterocycles. The van der Waals surface area contributed by atoms with Gasteiger partial charge in [-0.15, -0.1) is 0 Å². The van der Waals surface area contributed by atoms with Crippen LogP contribution in [0.25, 0.3) is 0 Å². The van der Waals surface area contributed by atoms with E-state index in [-0.39, 0.29) is 0 Å². The van der Waals surface area contributed by atoms with E-state index in [0.29, 0.717) is 0 Å². The largest absolute Gasteiger partial charge is 0.399 e. The van der Waals surface area contributed by atoms with E-state index in [4.69, 9.17) is 5.73 Å². The van der Waals surface area contributed by atoms with Gasteiger partial charge in [-0.1, -0.05) is 36.4 Å². The van der Waals surface area contributed by atoms with E-state index < -0.39 is 0 Å². The molecule has 0 atom stereocenters. The molecule has 92 valence electrons. The summed E-state index contributed by atoms with van der Waals surface area (Å²) >= 11 is 0. The van der Waals surface area contributed by atoms with E-state index in [1.54, 1.807) is 0 Å². The normalized spacial score (nSPS) is 15.3. The molecule has 18 heavy (non-hydrogen) atoms. The summed E-state index contributed by atoms with van der Waals surface area (Å²) in [5.41, 5.74) is 10.9. The molecule has 0 aromatic heterocycles. The van der Waals surface area contributed by atoms with Crippen molar-refractivity contribution in [3.05, 3.63) is 65.2 Å². The molecule has 2 N–H and O–H groups in total. The molecule has 2 nitrogen and oxygen atoms in total. The smallest absolute Gasteiger partial charge is 0.0316 e. The van der Waals surface area contributed by atoms with Gasteiger partial charge in [-0.3, -0.25) is 4.90 Å². The zero-order valence-electron chi connectivity index (χ0n) is 10.5. The molecule has 0 spiro atoms. The summed E-state index contributed by atoms with van der Waals surface area (Å²) in [4.78, 5) is 2.49. The number of rotatable bonds is 2. The van der Waals surface area contributed by atoms with Crippen LogP contribution in [0.15, 0.2) is 48.5 Å². The molecule has 0 bridgehead atoms. The van der Waals surface area contributed by atoms with Crippen molar-refractivity contribution >= 4 is 5.69 Å². The maximum Gasteiger partial charge on any atom is 0.0316 e. The summed E-state index contributed by atoms with van der Waals surface area (Å²) in [5.74, 6) is 0. The molecule has 0 unspecified atom stereocenters. The molecule has 0 amide bonds. The molecule has 1 aliphatic rings. The molecule has 1 heterocycles. The lowest BCUT2D eigenvalue weighted by atomic mass is 9.98. The van der Waals surface area contributed by atoms with Crippen LogP contribution in [0, 0.1) is 0 Å². The number of nitrogens with two attached hydrogens (primary N) is 1. The summed E-state index contributed by atoms with van der Waals surface area (Å²) in [5, 5.41) is 0. The second kappa shape index (κ2) is 4.83. The molecular weight excluding hydrogens is 220 g/mol. The lowest BCUT2D eigenvalue weighted by Crippen LogP contribution is -2.30. The van der Waals surface area contributed by atoms with Crippen LogP contribution < -0.4 is 5.73 Å². The Balaban J connectivity index is 1.73. The van der Waals surface area contributed by atoms with Crippen LogP contribution in [-0.4, -0.2) is 11.4 Å². The van der Waals surface area contributed by atoms with Gasteiger partial charge in [0.1, 0.15) is 0 Å². The molecule has 0 fully saturated rings. The lowest BCUT2D eigenvalue weighted by molar-refractivity contribution is 0.245. The third-order valence-electron chi connectivity index (χ3n) is 3.57. The van der Waals surface area contributed by atoms with Gasteiger partial charge in [0.05, 0.1) is 0 Å². The van der Waals surface area contributed by atoms with E-state index in [0.717, 1.165) is 31.7 Å². The van der Waals surface area contributed by atoms with E-state index in [1.165, 1.54) is 16.7 Å². The number of nitrogen functional groups attached to an aromatic ring is 1. The predicted molar refractivity (Wildman–Crippen MR) is 75.1 cm³/mol. The number of hydrogen-bond donors (Lipinski definition) is 1. The molecule has 0 radical (unpaired) electrons. The average molecular weight is 238 g/mol. The second-order valence-corrected chi connectivity index (χ2v) is 4.97. The standard InChI is InChI=1S/C16H18N2/c17-16-7-6-15-12-18(9-8-14(15)10-16)11-13-4-2-1-3-5-13/h1-7,10H,8-9,11-12,17H2. The molecule has 1 aliphatic heterocycles. The Hall–Kier alpha value is -1.80. The monoisotopic (exact) mass is 238 g/mol. The Bertz CT molecular complexity index is 534. The summed E-state index contributed by atoms with van der Waals surface area (Å²) in [7, 11) is 0. The lowest BCUT2D eigenvalue weighted by Gasteiger charge is -2.29. The van der Waals surface area contributed by atoms with E-state index >= 15 is 0 Å². The van der Waals surface area contributed by atoms with Gasteiger partial charge in [0, 0.05) is 25.3 Å². The fourth-order valence-electron chi connectivity index (χ4n) is 2.61. The Morgan fingerprint density at radius 2 is 1.83 bits per heavy atom. The first-order valence-corrected chi connectivity index (χ1v) is 6.45. The van der Waals surface area contributed by atoms with Crippen LogP contribution in [0.5, 0.6) is 0 Å². The van der Waals surface area contributed by atoms with Crippen LogP contribution in [0.2, 0.25) is 0 Å². The zero-order valence-corrected chi connectivity index (χ0v) is 10.5. The highest BCUT2D eigenvalue weighted by molar-refractivity contribution is 5.45. The number of anilines is 1. The predicted octanol–water partition coefficient (Wildman–Crippen LogP) is 2.83. The molecule has 2 aromatic carbocycles. The van der Waals surface area contributed by atoms with Gasteiger partial charge in [0.2, 0.25) is 0 Å². The van der Waals surface area contributed by atoms with Crippen molar-refractivity contribution in [1.82, 2.24) is 4.90 Å². The molecule has 2 aromatic rings. The number of fused-ring (bicyclic) bond motifs is 1. The first-order valence-electron chi connectivity index (χ1n) is 6.45. The van der Waals surface area contributed by atoms with Gasteiger partial charge in [-0.2, -0.15) is 0 Å². The highest BCUT2D eigenvalue weighted by Gasteiger charge is 2.16. The van der Waals surface area contributed by atoms with Crippen molar-refractivity contribution in [3.8, 4) is 0 Å². The van der Waals surface area contributed by atoms with Crippen molar-refractivity contribution in [1.29, 1.82) is 0 Å². The molecule has 0 saturated carbocycles. The third kappa shape index (κ3) is 2.39. The van der Waals surface area contributed by atoms with E-state index in [2.05, 4.69) is 47.4 Å². The number of nitrogens with zero attached hydrogens (tertiary/aromatic N) is 1. The van der Waals surface area contributed by atoms with Crippen LogP contribution in [0.4, 0.5) is 5.69 Å². The highest BCUT2D eigenvalue weighted by atomic mass is 15.1. The van der Waals surface area contributed by atoms with Crippen LogP contribution in [0.1, 0.15) is 16.7 Å². The fourth-order valence-corrected chi connectivity index (χ4v) is 2.61. The zero-order chi connectivity index (χ0) is 12.4. The van der Waals surface area contributed by atoms with Crippen LogP contribution in [-0.2, 0) is 19.5 Å². The third-order valence-corrected chi connectivity index (χ3v) is 3.57. The van der Waals surface area contributed by atoms with Crippen molar-refractivity contribution in [3.63, 3.8) is 0 Å². The van der Waals surface area contributed by atoms with Crippen molar-refractivity contribution < 1.29 is 0 Å². The minimum atomic E-state index is 0.880. The summed E-state index contributed by atoms with van der Waals surface area (Å²) in [6, 6.07) is 17.0. The average Bonchev–Trinajstić information content (AvgIpc) is 2.40. The topological polar surface area (TPSA) is 29.3 Å². The van der Waals surface area contributed by atoms with Crippen LogP contribution >= 0.6 is 0 Å². The molecular formula is C16H18N2. The Kier molecular flexibility index (Phi) is 3.03. The first kappa shape index (κ1) is 11.3. The molecule has 3 rings (SSSR count). The first-order chi connectivity index (χ1) is 8.81. The van der Waals surface area contributed by atoms with Crippen molar-refractivity contribution in [2.24, 2.45) is 0 Å². The van der Waals surface area contributed by atoms with Gasteiger partial charge in [-0.05, 0) is 35.2 Å². The second-order valence-electron chi connectivity index (χ2n) is 4.97. The summed E-state index contributed by atoms with van der Waals surface area (Å²) in [6.07, 6.45) is 1.10.